The Morgan fingerprint density at radius 3 is 3.06 bits per heavy atom. The molecular formula is C12H19N3O. The van der Waals surface area contributed by atoms with E-state index in [1.165, 1.54) is 0 Å². The first-order valence-electron chi connectivity index (χ1n) is 5.70. The third-order valence-electron chi connectivity index (χ3n) is 3.10. The van der Waals surface area contributed by atoms with Crippen molar-refractivity contribution in [1.29, 1.82) is 0 Å². The van der Waals surface area contributed by atoms with Crippen molar-refractivity contribution in [3.8, 4) is 0 Å². The molecule has 2 heterocycles. The summed E-state index contributed by atoms with van der Waals surface area (Å²) < 4.78 is 5.35. The summed E-state index contributed by atoms with van der Waals surface area (Å²) in [4.78, 5) is 6.64. The Hall–Kier alpha value is -1.13. The molecule has 1 aliphatic rings. The number of ether oxygens (including phenoxy) is 1. The van der Waals surface area contributed by atoms with E-state index in [0.29, 0.717) is 6.10 Å². The van der Waals surface area contributed by atoms with Gasteiger partial charge in [-0.05, 0) is 31.0 Å². The first-order valence-corrected chi connectivity index (χ1v) is 5.70. The zero-order chi connectivity index (χ0) is 11.5. The molecule has 1 unspecified atom stereocenters. The lowest BCUT2D eigenvalue weighted by Crippen LogP contribution is -2.23. The highest BCUT2D eigenvalue weighted by molar-refractivity contribution is 5.43. The maximum atomic E-state index is 5.86. The third-order valence-corrected chi connectivity index (χ3v) is 3.10. The van der Waals surface area contributed by atoms with Gasteiger partial charge in [-0.15, -0.1) is 0 Å². The summed E-state index contributed by atoms with van der Waals surface area (Å²) in [5, 5.41) is 0. The molecule has 0 aliphatic carbocycles. The molecule has 0 aromatic carbocycles. The maximum absolute atomic E-state index is 5.86. The number of rotatable bonds is 3. The molecule has 0 amide bonds. The van der Waals surface area contributed by atoms with Crippen LogP contribution in [0.15, 0.2) is 18.3 Å². The summed E-state index contributed by atoms with van der Waals surface area (Å²) in [6.07, 6.45) is 3.23. The second-order valence-corrected chi connectivity index (χ2v) is 4.33. The highest BCUT2D eigenvalue weighted by atomic mass is 16.5. The highest BCUT2D eigenvalue weighted by Gasteiger charge is 2.23. The van der Waals surface area contributed by atoms with Gasteiger partial charge in [-0.1, -0.05) is 0 Å². The van der Waals surface area contributed by atoms with Gasteiger partial charge in [-0.2, -0.15) is 0 Å². The van der Waals surface area contributed by atoms with Crippen LogP contribution in [0.25, 0.3) is 0 Å². The lowest BCUT2D eigenvalue weighted by molar-refractivity contribution is 0.121. The number of anilines is 1. The standard InChI is InChI=1S/C12H19N3O/c1-9(13)10-3-5-14-12(7-10)15-6-4-11(8-15)16-2/h3,5,7,9,11H,4,6,8,13H2,1-2H3/t9-,11?/m1/s1. The summed E-state index contributed by atoms with van der Waals surface area (Å²) in [6, 6.07) is 4.10. The monoisotopic (exact) mass is 221 g/mol. The predicted molar refractivity (Wildman–Crippen MR) is 64.5 cm³/mol. The lowest BCUT2D eigenvalue weighted by atomic mass is 10.1. The number of pyridine rings is 1. The number of methoxy groups -OCH3 is 1. The summed E-state index contributed by atoms with van der Waals surface area (Å²) in [7, 11) is 1.76. The fourth-order valence-electron chi connectivity index (χ4n) is 2.02. The zero-order valence-electron chi connectivity index (χ0n) is 9.89. The third kappa shape index (κ3) is 2.33. The van der Waals surface area contributed by atoms with Crippen LogP contribution in [-0.2, 0) is 4.74 Å². The van der Waals surface area contributed by atoms with Crippen LogP contribution in [0, 0.1) is 0 Å². The Kier molecular flexibility index (Phi) is 3.41. The largest absolute Gasteiger partial charge is 0.380 e. The van der Waals surface area contributed by atoms with Crippen molar-refractivity contribution in [1.82, 2.24) is 4.98 Å². The smallest absolute Gasteiger partial charge is 0.128 e. The minimum atomic E-state index is 0.0579. The first-order chi connectivity index (χ1) is 7.70. The fraction of sp³-hybridized carbons (Fsp3) is 0.583. The summed E-state index contributed by atoms with van der Waals surface area (Å²) in [6.45, 7) is 3.92. The quantitative estimate of drug-likeness (QED) is 0.836. The Bertz CT molecular complexity index is 354. The molecule has 88 valence electrons. The van der Waals surface area contributed by atoms with Crippen LogP contribution in [0.1, 0.15) is 24.9 Å². The van der Waals surface area contributed by atoms with E-state index in [0.717, 1.165) is 30.9 Å². The number of hydrogen-bond acceptors (Lipinski definition) is 4. The zero-order valence-corrected chi connectivity index (χ0v) is 9.89. The molecule has 2 atom stereocenters. The molecule has 0 saturated carbocycles. The molecule has 0 bridgehead atoms. The van der Waals surface area contributed by atoms with Crippen molar-refractivity contribution in [2.75, 3.05) is 25.1 Å². The van der Waals surface area contributed by atoms with Gasteiger partial charge in [0.05, 0.1) is 6.10 Å². The molecule has 16 heavy (non-hydrogen) atoms. The summed E-state index contributed by atoms with van der Waals surface area (Å²) in [5.41, 5.74) is 6.99. The topological polar surface area (TPSA) is 51.4 Å². The molecule has 0 spiro atoms. The van der Waals surface area contributed by atoms with Gasteiger partial charge in [-0.3, -0.25) is 0 Å². The fourth-order valence-corrected chi connectivity index (χ4v) is 2.02. The van der Waals surface area contributed by atoms with Gasteiger partial charge in [0.2, 0.25) is 0 Å². The minimum Gasteiger partial charge on any atom is -0.380 e. The number of hydrogen-bond donors (Lipinski definition) is 1. The van der Waals surface area contributed by atoms with E-state index in [1.807, 2.05) is 19.2 Å². The van der Waals surface area contributed by atoms with Gasteiger partial charge in [0.25, 0.3) is 0 Å². The molecule has 4 heteroatoms. The van der Waals surface area contributed by atoms with Crippen molar-refractivity contribution in [2.24, 2.45) is 5.73 Å². The van der Waals surface area contributed by atoms with E-state index in [4.69, 9.17) is 10.5 Å². The summed E-state index contributed by atoms with van der Waals surface area (Å²) in [5.74, 6) is 1.01. The van der Waals surface area contributed by atoms with Crippen LogP contribution in [0.4, 0.5) is 5.82 Å². The molecule has 1 aliphatic heterocycles. The lowest BCUT2D eigenvalue weighted by Gasteiger charge is -2.18. The van der Waals surface area contributed by atoms with E-state index in [-0.39, 0.29) is 6.04 Å². The van der Waals surface area contributed by atoms with Crippen LogP contribution >= 0.6 is 0 Å². The second-order valence-electron chi connectivity index (χ2n) is 4.33. The molecule has 1 aromatic rings. The van der Waals surface area contributed by atoms with Gasteiger partial charge < -0.3 is 15.4 Å². The Labute approximate surface area is 96.4 Å². The van der Waals surface area contributed by atoms with Gasteiger partial charge in [0.15, 0.2) is 0 Å². The average molecular weight is 221 g/mol. The highest BCUT2D eigenvalue weighted by Crippen LogP contribution is 2.21. The van der Waals surface area contributed by atoms with Crippen LogP contribution in [-0.4, -0.2) is 31.3 Å². The second kappa shape index (κ2) is 4.80. The van der Waals surface area contributed by atoms with E-state index in [1.54, 1.807) is 7.11 Å². The van der Waals surface area contributed by atoms with E-state index >= 15 is 0 Å². The van der Waals surface area contributed by atoms with Crippen LogP contribution in [0.3, 0.4) is 0 Å². The average Bonchev–Trinajstić information content (AvgIpc) is 2.77. The molecule has 2 N–H and O–H groups in total. The number of aromatic nitrogens is 1. The first kappa shape index (κ1) is 11.4. The normalized spacial score (nSPS) is 22.4. The predicted octanol–water partition coefficient (Wildman–Crippen LogP) is 1.33. The van der Waals surface area contributed by atoms with Crippen molar-refractivity contribution in [3.63, 3.8) is 0 Å². The Balaban J connectivity index is 2.12. The molecule has 2 rings (SSSR count). The van der Waals surface area contributed by atoms with Gasteiger partial charge in [-0.25, -0.2) is 4.98 Å². The van der Waals surface area contributed by atoms with Crippen LogP contribution in [0.5, 0.6) is 0 Å². The van der Waals surface area contributed by atoms with Crippen molar-refractivity contribution in [3.05, 3.63) is 23.9 Å². The Morgan fingerprint density at radius 2 is 2.44 bits per heavy atom. The van der Waals surface area contributed by atoms with E-state index in [2.05, 4.69) is 16.0 Å². The molecule has 0 radical (unpaired) electrons. The SMILES string of the molecule is COC1CCN(c2cc([C@@H](C)N)ccn2)C1. The minimum absolute atomic E-state index is 0.0579. The number of nitrogens with zero attached hydrogens (tertiary/aromatic N) is 2. The van der Waals surface area contributed by atoms with Crippen molar-refractivity contribution >= 4 is 5.82 Å². The van der Waals surface area contributed by atoms with Gasteiger partial charge in [0, 0.05) is 32.4 Å². The van der Waals surface area contributed by atoms with Crippen molar-refractivity contribution in [2.45, 2.75) is 25.5 Å². The summed E-state index contributed by atoms with van der Waals surface area (Å²) >= 11 is 0. The molecule has 4 nitrogen and oxygen atoms in total. The van der Waals surface area contributed by atoms with Gasteiger partial charge in [0.1, 0.15) is 5.82 Å². The molecule has 1 fully saturated rings. The molecule has 1 saturated heterocycles. The molecule has 1 aromatic heterocycles. The van der Waals surface area contributed by atoms with Gasteiger partial charge >= 0.3 is 0 Å². The van der Waals surface area contributed by atoms with Crippen LogP contribution in [0.2, 0.25) is 0 Å². The van der Waals surface area contributed by atoms with Crippen LogP contribution < -0.4 is 10.6 Å². The maximum Gasteiger partial charge on any atom is 0.128 e. The molecular weight excluding hydrogens is 202 g/mol. The van der Waals surface area contributed by atoms with E-state index < -0.39 is 0 Å². The number of nitrogens with two attached hydrogens (primary N) is 1. The Morgan fingerprint density at radius 1 is 1.62 bits per heavy atom. The van der Waals surface area contributed by atoms with Crippen molar-refractivity contribution < 1.29 is 4.74 Å². The van der Waals surface area contributed by atoms with E-state index in [9.17, 15) is 0 Å².